The van der Waals surface area contributed by atoms with Gasteiger partial charge in [-0.25, -0.2) is 4.98 Å². The highest BCUT2D eigenvalue weighted by atomic mass is 19.4. The molecule has 1 aromatic carbocycles. The summed E-state index contributed by atoms with van der Waals surface area (Å²) >= 11 is 0. The fraction of sp³-hybridized carbons (Fsp3) is 0.429. The number of anilines is 2. The first-order valence-electron chi connectivity index (χ1n) is 10.6. The zero-order chi connectivity index (χ0) is 22.5. The highest BCUT2D eigenvalue weighted by molar-refractivity contribution is 6.06. The second-order valence-corrected chi connectivity index (χ2v) is 8.15. The van der Waals surface area contributed by atoms with Crippen molar-refractivity contribution in [2.45, 2.75) is 43.8 Å². The summed E-state index contributed by atoms with van der Waals surface area (Å²) in [4.78, 5) is 21.9. The fourth-order valence-electron chi connectivity index (χ4n) is 4.49. The molecule has 3 heterocycles. The maximum absolute atomic E-state index is 13.3. The third-order valence-corrected chi connectivity index (χ3v) is 6.04. The van der Waals surface area contributed by atoms with Gasteiger partial charge < -0.3 is 16.4 Å². The Morgan fingerprint density at radius 1 is 1.22 bits per heavy atom. The minimum atomic E-state index is -4.52. The molecule has 5 rings (SSSR count). The van der Waals surface area contributed by atoms with Crippen molar-refractivity contribution in [3.05, 3.63) is 41.2 Å². The molecule has 3 aromatic rings. The van der Waals surface area contributed by atoms with Crippen molar-refractivity contribution in [1.82, 2.24) is 19.7 Å². The van der Waals surface area contributed by atoms with E-state index in [1.54, 1.807) is 0 Å². The Morgan fingerprint density at radius 3 is 2.72 bits per heavy atom. The van der Waals surface area contributed by atoms with Gasteiger partial charge in [-0.2, -0.15) is 23.3 Å². The Morgan fingerprint density at radius 2 is 2.00 bits per heavy atom. The molecule has 1 aliphatic carbocycles. The second-order valence-electron chi connectivity index (χ2n) is 8.15. The predicted molar refractivity (Wildman–Crippen MR) is 112 cm³/mol. The van der Waals surface area contributed by atoms with Crippen LogP contribution in [0.4, 0.5) is 24.8 Å². The molecular weight excluding hydrogens is 423 g/mol. The van der Waals surface area contributed by atoms with E-state index in [-0.39, 0.29) is 17.6 Å². The van der Waals surface area contributed by atoms with E-state index in [2.05, 4.69) is 25.7 Å². The van der Waals surface area contributed by atoms with E-state index in [4.69, 9.17) is 5.73 Å². The molecule has 0 saturated heterocycles. The number of nitrogens with two attached hydrogens (primary N) is 1. The minimum absolute atomic E-state index is 0.235. The first kappa shape index (κ1) is 20.7. The van der Waals surface area contributed by atoms with Crippen LogP contribution in [0.15, 0.2) is 24.4 Å². The van der Waals surface area contributed by atoms with Gasteiger partial charge in [0.15, 0.2) is 5.65 Å². The molecule has 1 atom stereocenters. The molecule has 32 heavy (non-hydrogen) atoms. The minimum Gasteiger partial charge on any atom is -0.353 e. The summed E-state index contributed by atoms with van der Waals surface area (Å²) < 4.78 is 41.9. The van der Waals surface area contributed by atoms with E-state index in [1.165, 1.54) is 6.07 Å². The Kier molecular flexibility index (Phi) is 5.00. The predicted octanol–water partition coefficient (Wildman–Crippen LogP) is 3.41. The largest absolute Gasteiger partial charge is 0.416 e. The summed E-state index contributed by atoms with van der Waals surface area (Å²) in [5, 5.41) is 10.8. The van der Waals surface area contributed by atoms with Crippen LogP contribution in [0.1, 0.15) is 54.5 Å². The van der Waals surface area contributed by atoms with E-state index in [1.807, 2.05) is 10.9 Å². The lowest BCUT2D eigenvalue weighted by Gasteiger charge is -2.13. The van der Waals surface area contributed by atoms with Crippen molar-refractivity contribution in [1.29, 1.82) is 0 Å². The number of benzene rings is 1. The topological polar surface area (TPSA) is 111 Å². The van der Waals surface area contributed by atoms with E-state index in [0.29, 0.717) is 35.5 Å². The number of nitrogens with one attached hydrogen (secondary N) is 2. The summed E-state index contributed by atoms with van der Waals surface area (Å²) in [6, 6.07) is 3.49. The molecule has 4 N–H and O–H groups in total. The average Bonchev–Trinajstić information content (AvgIpc) is 3.47. The highest BCUT2D eigenvalue weighted by Gasteiger charge is 2.39. The molecular formula is C21H22F3N7O. The van der Waals surface area contributed by atoms with Crippen LogP contribution in [0.5, 0.6) is 0 Å². The van der Waals surface area contributed by atoms with Gasteiger partial charge in [-0.15, -0.1) is 0 Å². The van der Waals surface area contributed by atoms with Crippen molar-refractivity contribution >= 4 is 28.6 Å². The number of aromatic nitrogens is 4. The summed E-state index contributed by atoms with van der Waals surface area (Å²) in [7, 11) is 0. The molecule has 11 heteroatoms. The zero-order valence-corrected chi connectivity index (χ0v) is 17.1. The zero-order valence-electron chi connectivity index (χ0n) is 17.1. The van der Waals surface area contributed by atoms with Crippen molar-refractivity contribution in [3.63, 3.8) is 0 Å². The van der Waals surface area contributed by atoms with Crippen LogP contribution in [0.2, 0.25) is 0 Å². The molecule has 168 valence electrons. The maximum atomic E-state index is 13.3. The Bertz CT molecular complexity index is 1180. The Balaban J connectivity index is 1.66. The van der Waals surface area contributed by atoms with E-state index in [0.717, 1.165) is 37.8 Å². The molecule has 1 amide bonds. The summed E-state index contributed by atoms with van der Waals surface area (Å²) in [6.45, 7) is 0.745. The third kappa shape index (κ3) is 3.56. The van der Waals surface area contributed by atoms with Gasteiger partial charge in [0, 0.05) is 25.0 Å². The van der Waals surface area contributed by atoms with Crippen LogP contribution >= 0.6 is 0 Å². The monoisotopic (exact) mass is 445 g/mol. The van der Waals surface area contributed by atoms with Gasteiger partial charge in [-0.1, -0.05) is 12.8 Å². The quantitative estimate of drug-likeness (QED) is 0.555. The van der Waals surface area contributed by atoms with Gasteiger partial charge in [0.05, 0.1) is 22.7 Å². The van der Waals surface area contributed by atoms with Crippen molar-refractivity contribution in [2.24, 2.45) is 5.73 Å². The number of alkyl halides is 3. The second kappa shape index (κ2) is 7.73. The number of hydrogen-bond acceptors (Lipinski definition) is 6. The Hall–Kier alpha value is -3.21. The van der Waals surface area contributed by atoms with E-state index >= 15 is 0 Å². The number of carbonyl (C=O) groups excluding carboxylic acids is 1. The maximum Gasteiger partial charge on any atom is 0.416 e. The van der Waals surface area contributed by atoms with Gasteiger partial charge in [-0.05, 0) is 36.6 Å². The molecule has 8 nitrogen and oxygen atoms in total. The summed E-state index contributed by atoms with van der Waals surface area (Å²) in [5.74, 6) is -1.20. The number of nitrogens with zero attached hydrogens (tertiary/aromatic N) is 4. The first-order valence-corrected chi connectivity index (χ1v) is 10.6. The van der Waals surface area contributed by atoms with Crippen molar-refractivity contribution in [3.8, 4) is 0 Å². The lowest BCUT2D eigenvalue weighted by molar-refractivity contribution is -0.137. The molecule has 0 bridgehead atoms. The molecule has 1 aliphatic heterocycles. The number of amides is 1. The average molecular weight is 445 g/mol. The SMILES string of the molecule is NCCNc1nc(C2C(=O)Nc3ccc(C(F)(F)F)cc32)c2cn(C3CCCC3)nc2n1. The van der Waals surface area contributed by atoms with Crippen LogP contribution in [0.25, 0.3) is 11.0 Å². The van der Waals surface area contributed by atoms with Gasteiger partial charge in [0.2, 0.25) is 11.9 Å². The Labute approximate surface area is 181 Å². The first-order chi connectivity index (χ1) is 15.3. The number of rotatable bonds is 5. The number of halogens is 3. The van der Waals surface area contributed by atoms with Gasteiger partial charge in [0.25, 0.3) is 0 Å². The summed E-state index contributed by atoms with van der Waals surface area (Å²) in [6.07, 6.45) is 1.51. The third-order valence-electron chi connectivity index (χ3n) is 6.04. The highest BCUT2D eigenvalue weighted by Crippen LogP contribution is 2.42. The standard InChI is InChI=1S/C21H22F3N7O/c22-21(23,24)11-5-6-15-13(9-11)16(19(32)27-15)17-14-10-31(12-3-1-2-4-12)30-18(14)29-20(28-17)26-8-7-25/h5-6,9-10,12,16H,1-4,7-8,25H2,(H,27,32)(H,26,29,30). The van der Waals surface area contributed by atoms with Crippen LogP contribution in [0, 0.1) is 0 Å². The van der Waals surface area contributed by atoms with Gasteiger partial charge in [0.1, 0.15) is 5.92 Å². The van der Waals surface area contributed by atoms with Crippen LogP contribution < -0.4 is 16.4 Å². The molecule has 1 saturated carbocycles. The van der Waals surface area contributed by atoms with E-state index < -0.39 is 23.6 Å². The molecule has 0 spiro atoms. The number of carbonyl (C=O) groups is 1. The lowest BCUT2D eigenvalue weighted by Crippen LogP contribution is -2.18. The van der Waals surface area contributed by atoms with Gasteiger partial charge in [-0.3, -0.25) is 9.48 Å². The normalized spacial score (nSPS) is 18.9. The smallest absolute Gasteiger partial charge is 0.353 e. The molecule has 1 fully saturated rings. The lowest BCUT2D eigenvalue weighted by atomic mass is 9.94. The van der Waals surface area contributed by atoms with Crippen LogP contribution in [0.3, 0.4) is 0 Å². The van der Waals surface area contributed by atoms with E-state index in [9.17, 15) is 18.0 Å². The van der Waals surface area contributed by atoms with Crippen molar-refractivity contribution < 1.29 is 18.0 Å². The van der Waals surface area contributed by atoms with Gasteiger partial charge >= 0.3 is 6.18 Å². The van der Waals surface area contributed by atoms with Crippen molar-refractivity contribution in [2.75, 3.05) is 23.7 Å². The molecule has 0 radical (unpaired) electrons. The molecule has 2 aromatic heterocycles. The fourth-order valence-corrected chi connectivity index (χ4v) is 4.49. The molecule has 2 aliphatic rings. The summed E-state index contributed by atoms with van der Waals surface area (Å²) in [5.41, 5.74) is 6.07. The number of hydrogen-bond donors (Lipinski definition) is 3. The number of fused-ring (bicyclic) bond motifs is 2. The van der Waals surface area contributed by atoms with Crippen LogP contribution in [-0.2, 0) is 11.0 Å². The molecule has 1 unspecified atom stereocenters. The van der Waals surface area contributed by atoms with Crippen LogP contribution in [-0.4, -0.2) is 38.7 Å².